The lowest BCUT2D eigenvalue weighted by molar-refractivity contribution is 0.240. The molecule has 0 bridgehead atoms. The second kappa shape index (κ2) is 9.29. The number of piperidine rings is 1. The fourth-order valence-electron chi connectivity index (χ4n) is 3.15. The monoisotopic (exact) mass is 346 g/mol. The molecule has 138 valence electrons. The van der Waals surface area contributed by atoms with Gasteiger partial charge in [-0.2, -0.15) is 0 Å². The van der Waals surface area contributed by atoms with Crippen molar-refractivity contribution < 1.29 is 5.11 Å². The van der Waals surface area contributed by atoms with Crippen LogP contribution in [0.2, 0.25) is 0 Å². The Hall–Kier alpha value is -2.25. The van der Waals surface area contributed by atoms with Gasteiger partial charge in [0.2, 0.25) is 0 Å². The van der Waals surface area contributed by atoms with Gasteiger partial charge in [0.15, 0.2) is 0 Å². The Balaban J connectivity index is 1.97. The zero-order valence-corrected chi connectivity index (χ0v) is 14.8. The summed E-state index contributed by atoms with van der Waals surface area (Å²) in [6, 6.07) is 8.24. The Kier molecular flexibility index (Phi) is 7.09. The Morgan fingerprint density at radius 3 is 2.48 bits per heavy atom. The van der Waals surface area contributed by atoms with Crippen molar-refractivity contribution >= 4 is 17.6 Å². The first-order valence-electron chi connectivity index (χ1n) is 8.74. The first kappa shape index (κ1) is 19.1. The topological polar surface area (TPSA) is 123 Å². The third kappa shape index (κ3) is 5.11. The van der Waals surface area contributed by atoms with E-state index in [4.69, 9.17) is 22.0 Å². The molecule has 1 heterocycles. The van der Waals surface area contributed by atoms with Crippen molar-refractivity contribution in [1.29, 1.82) is 5.41 Å². The minimum Gasteiger partial charge on any atom is -0.398 e. The van der Waals surface area contributed by atoms with Crippen molar-refractivity contribution in [2.24, 2.45) is 17.4 Å². The molecule has 1 unspecified atom stereocenters. The number of hydrogen-bond donors (Lipinski definition) is 6. The molecule has 1 aromatic rings. The van der Waals surface area contributed by atoms with E-state index in [9.17, 15) is 0 Å². The molecular formula is C18H30N6O. The van der Waals surface area contributed by atoms with E-state index < -0.39 is 0 Å². The highest BCUT2D eigenvalue weighted by atomic mass is 16.3. The summed E-state index contributed by atoms with van der Waals surface area (Å²) in [5, 5.41) is 22.6. The predicted molar refractivity (Wildman–Crippen MR) is 104 cm³/mol. The van der Waals surface area contributed by atoms with Crippen LogP contribution in [0.25, 0.3) is 0 Å². The summed E-state index contributed by atoms with van der Waals surface area (Å²) in [6.07, 6.45) is 3.89. The second-order valence-electron chi connectivity index (χ2n) is 6.41. The molecule has 0 amide bonds. The predicted octanol–water partition coefficient (Wildman–Crippen LogP) is 1.02. The van der Waals surface area contributed by atoms with Crippen LogP contribution in [0.5, 0.6) is 0 Å². The van der Waals surface area contributed by atoms with Crippen LogP contribution in [0.15, 0.2) is 35.7 Å². The van der Waals surface area contributed by atoms with Gasteiger partial charge in [0.25, 0.3) is 0 Å². The first-order valence-corrected chi connectivity index (χ1v) is 8.74. The lowest BCUT2D eigenvalue weighted by Gasteiger charge is -2.33. The van der Waals surface area contributed by atoms with Crippen LogP contribution in [-0.2, 0) is 0 Å². The second-order valence-corrected chi connectivity index (χ2v) is 6.41. The van der Waals surface area contributed by atoms with Gasteiger partial charge in [-0.1, -0.05) is 0 Å². The maximum absolute atomic E-state index is 9.06. The molecule has 7 nitrogen and oxygen atoms in total. The third-order valence-corrected chi connectivity index (χ3v) is 4.78. The van der Waals surface area contributed by atoms with Crippen LogP contribution in [0.3, 0.4) is 0 Å². The number of benzene rings is 1. The van der Waals surface area contributed by atoms with Crippen LogP contribution < -0.4 is 27.0 Å². The van der Waals surface area contributed by atoms with Gasteiger partial charge in [-0.15, -0.1) is 0 Å². The molecule has 1 aliphatic heterocycles. The van der Waals surface area contributed by atoms with Crippen LogP contribution in [0.4, 0.5) is 11.4 Å². The molecule has 7 heteroatoms. The summed E-state index contributed by atoms with van der Waals surface area (Å²) < 4.78 is 0. The number of aliphatic hydroxyl groups is 1. The standard InChI is InChI=1S/C18H30N6O/c1-22-18(17(21)16(20)12-19)23-14-2-4-15(5-3-14)24-9-6-13(7-10-24)8-11-25/h2-5,12-13,18-19,22-23,25H,6-11,20-21H2,1H3/b17-16+,19-12?. The number of likely N-dealkylation sites (N-methyl/N-ethyl adjacent to an activating group) is 1. The Labute approximate surface area is 149 Å². The van der Waals surface area contributed by atoms with Crippen molar-refractivity contribution in [1.82, 2.24) is 5.32 Å². The zero-order valence-electron chi connectivity index (χ0n) is 14.8. The van der Waals surface area contributed by atoms with E-state index in [1.165, 1.54) is 5.69 Å². The van der Waals surface area contributed by atoms with Crippen LogP contribution >= 0.6 is 0 Å². The smallest absolute Gasteiger partial charge is 0.120 e. The van der Waals surface area contributed by atoms with Gasteiger partial charge in [-0.05, 0) is 56.5 Å². The summed E-state index contributed by atoms with van der Waals surface area (Å²) in [4.78, 5) is 2.38. The maximum atomic E-state index is 9.06. The van der Waals surface area contributed by atoms with Crippen molar-refractivity contribution in [3.05, 3.63) is 35.7 Å². The van der Waals surface area contributed by atoms with E-state index in [1.807, 2.05) is 12.1 Å². The van der Waals surface area contributed by atoms with Crippen molar-refractivity contribution in [3.63, 3.8) is 0 Å². The third-order valence-electron chi connectivity index (χ3n) is 4.78. The molecule has 0 spiro atoms. The largest absolute Gasteiger partial charge is 0.398 e. The molecule has 2 rings (SSSR count). The minimum atomic E-state index is -0.332. The highest BCUT2D eigenvalue weighted by Crippen LogP contribution is 2.26. The Morgan fingerprint density at radius 1 is 1.32 bits per heavy atom. The van der Waals surface area contributed by atoms with E-state index in [0.29, 0.717) is 11.6 Å². The molecule has 0 radical (unpaired) electrons. The summed E-state index contributed by atoms with van der Waals surface area (Å²) in [5.74, 6) is 0.646. The lowest BCUT2D eigenvalue weighted by Crippen LogP contribution is -2.40. The number of nitrogens with two attached hydrogens (primary N) is 2. The average Bonchev–Trinajstić information content (AvgIpc) is 2.66. The fraction of sp³-hybridized carbons (Fsp3) is 0.500. The van der Waals surface area contributed by atoms with Gasteiger partial charge in [0, 0.05) is 37.3 Å². The molecule has 25 heavy (non-hydrogen) atoms. The van der Waals surface area contributed by atoms with Crippen LogP contribution in [0, 0.1) is 11.3 Å². The van der Waals surface area contributed by atoms with Crippen molar-refractivity contribution in [2.45, 2.75) is 25.4 Å². The molecule has 0 saturated carbocycles. The highest BCUT2D eigenvalue weighted by molar-refractivity contribution is 5.75. The SMILES string of the molecule is CNC(Nc1ccc(N2CCC(CCO)CC2)cc1)/C(N)=C(\N)C=N. The van der Waals surface area contributed by atoms with E-state index in [2.05, 4.69) is 27.7 Å². The maximum Gasteiger partial charge on any atom is 0.120 e. The number of nitrogens with zero attached hydrogens (tertiary/aromatic N) is 1. The Bertz CT molecular complexity index is 578. The van der Waals surface area contributed by atoms with Gasteiger partial charge < -0.3 is 32.2 Å². The zero-order chi connectivity index (χ0) is 18.2. The molecule has 8 N–H and O–H groups in total. The summed E-state index contributed by atoms with van der Waals surface area (Å²) in [5.41, 5.74) is 14.5. The molecule has 1 aromatic carbocycles. The first-order chi connectivity index (χ1) is 12.1. The number of hydrogen-bond acceptors (Lipinski definition) is 7. The molecule has 1 saturated heterocycles. The van der Waals surface area contributed by atoms with Gasteiger partial charge >= 0.3 is 0 Å². The minimum absolute atomic E-state index is 0.245. The molecule has 1 aliphatic rings. The normalized spacial score (nSPS) is 17.8. The van der Waals surface area contributed by atoms with Crippen molar-refractivity contribution in [2.75, 3.05) is 37.0 Å². The average molecular weight is 346 g/mol. The molecule has 1 fully saturated rings. The van der Waals surface area contributed by atoms with E-state index >= 15 is 0 Å². The molecule has 0 aromatic heterocycles. The quantitative estimate of drug-likeness (QED) is 0.309. The number of anilines is 2. The van der Waals surface area contributed by atoms with Gasteiger partial charge in [-0.25, -0.2) is 0 Å². The van der Waals surface area contributed by atoms with E-state index in [0.717, 1.165) is 44.3 Å². The Morgan fingerprint density at radius 2 is 1.96 bits per heavy atom. The van der Waals surface area contributed by atoms with E-state index in [1.54, 1.807) is 7.05 Å². The fourth-order valence-corrected chi connectivity index (χ4v) is 3.15. The van der Waals surface area contributed by atoms with Crippen LogP contribution in [-0.4, -0.2) is 44.2 Å². The number of allylic oxidation sites excluding steroid dienone is 1. The van der Waals surface area contributed by atoms with Crippen molar-refractivity contribution in [3.8, 4) is 0 Å². The summed E-state index contributed by atoms with van der Waals surface area (Å²) in [6.45, 7) is 2.35. The molecule has 1 atom stereocenters. The van der Waals surface area contributed by atoms with Gasteiger partial charge in [0.05, 0.1) is 11.4 Å². The molecule has 0 aliphatic carbocycles. The number of aliphatic hydroxyl groups excluding tert-OH is 1. The molecular weight excluding hydrogens is 316 g/mol. The lowest BCUT2D eigenvalue weighted by atomic mass is 9.93. The number of rotatable bonds is 8. The van der Waals surface area contributed by atoms with Gasteiger partial charge in [-0.3, -0.25) is 5.32 Å². The number of nitrogens with one attached hydrogen (secondary N) is 3. The summed E-state index contributed by atoms with van der Waals surface area (Å²) >= 11 is 0. The summed E-state index contributed by atoms with van der Waals surface area (Å²) in [7, 11) is 1.78. The van der Waals surface area contributed by atoms with Gasteiger partial charge in [0.1, 0.15) is 6.17 Å². The van der Waals surface area contributed by atoms with Crippen LogP contribution in [0.1, 0.15) is 19.3 Å². The van der Waals surface area contributed by atoms with E-state index in [-0.39, 0.29) is 18.5 Å². The highest BCUT2D eigenvalue weighted by Gasteiger charge is 2.19.